The Morgan fingerprint density at radius 2 is 1.41 bits per heavy atom. The van der Waals surface area contributed by atoms with Gasteiger partial charge in [-0.3, -0.25) is 10.6 Å². The molecule has 4 unspecified atom stereocenters. The summed E-state index contributed by atoms with van der Waals surface area (Å²) in [6.45, 7) is 4.75. The summed E-state index contributed by atoms with van der Waals surface area (Å²) in [7, 11) is 0. The Kier molecular flexibility index (Phi) is 7.69. The lowest BCUT2D eigenvalue weighted by atomic mass is 10.1. The molecule has 2 fully saturated rings. The summed E-state index contributed by atoms with van der Waals surface area (Å²) in [4.78, 5) is 0. The normalized spacial score (nSPS) is 24.7. The quantitative estimate of drug-likeness (QED) is 0.333. The first-order valence-corrected chi connectivity index (χ1v) is 9.80. The molecule has 2 heterocycles. The Morgan fingerprint density at radius 1 is 0.926 bits per heavy atom. The fourth-order valence-electron chi connectivity index (χ4n) is 3.44. The zero-order valence-electron chi connectivity index (χ0n) is 15.9. The van der Waals surface area contributed by atoms with E-state index < -0.39 is 12.7 Å². The number of benzene rings is 1. The standard InChI is InChI=1S/C19H32N4O4/c1-13-16(22-18(24)20-11-14-5-3-9-26-14)7-2-8-17(13)23-19(25)21-12-15-6-4-10-27-15/h2,7-8,14-15,18-25H,3-6,9-12H2,1H3. The molecule has 2 aliphatic rings. The van der Waals surface area contributed by atoms with Crippen LogP contribution in [0.3, 0.4) is 0 Å². The molecule has 152 valence electrons. The smallest absolute Gasteiger partial charge is 0.181 e. The van der Waals surface area contributed by atoms with E-state index in [4.69, 9.17) is 9.47 Å². The SMILES string of the molecule is Cc1c(NC(O)NCC2CCCO2)cccc1NC(O)NCC1CCCO1. The summed E-state index contributed by atoms with van der Waals surface area (Å²) < 4.78 is 11.1. The number of nitrogens with one attached hydrogen (secondary N) is 4. The molecule has 1 aromatic rings. The number of rotatable bonds is 10. The topological polar surface area (TPSA) is 107 Å². The second-order valence-electron chi connectivity index (χ2n) is 7.16. The summed E-state index contributed by atoms with van der Waals surface area (Å²) in [5.41, 5.74) is 2.49. The van der Waals surface area contributed by atoms with Crippen LogP contribution in [0.5, 0.6) is 0 Å². The van der Waals surface area contributed by atoms with Crippen LogP contribution in [0.1, 0.15) is 31.2 Å². The third kappa shape index (κ3) is 6.31. The van der Waals surface area contributed by atoms with Gasteiger partial charge in [-0.1, -0.05) is 6.07 Å². The lowest BCUT2D eigenvalue weighted by Crippen LogP contribution is -2.41. The minimum Gasteiger partial charge on any atom is -0.377 e. The lowest BCUT2D eigenvalue weighted by Gasteiger charge is -2.22. The molecule has 27 heavy (non-hydrogen) atoms. The highest BCUT2D eigenvalue weighted by atomic mass is 16.5. The van der Waals surface area contributed by atoms with Gasteiger partial charge in [0.25, 0.3) is 0 Å². The Labute approximate surface area is 160 Å². The maximum absolute atomic E-state index is 10.2. The average molecular weight is 380 g/mol. The van der Waals surface area contributed by atoms with Gasteiger partial charge in [-0.15, -0.1) is 0 Å². The van der Waals surface area contributed by atoms with Gasteiger partial charge < -0.3 is 30.3 Å². The molecule has 3 rings (SSSR count). The highest BCUT2D eigenvalue weighted by molar-refractivity contribution is 5.65. The third-order valence-corrected chi connectivity index (χ3v) is 5.04. The molecule has 6 N–H and O–H groups in total. The van der Waals surface area contributed by atoms with Crippen LogP contribution in [-0.4, -0.2) is 61.4 Å². The first kappa shape index (κ1) is 20.3. The van der Waals surface area contributed by atoms with E-state index in [0.717, 1.165) is 55.8 Å². The minimum atomic E-state index is -0.870. The van der Waals surface area contributed by atoms with Crippen molar-refractivity contribution in [1.29, 1.82) is 0 Å². The first-order valence-electron chi connectivity index (χ1n) is 9.80. The van der Waals surface area contributed by atoms with Gasteiger partial charge in [0.05, 0.1) is 12.2 Å². The van der Waals surface area contributed by atoms with Crippen molar-refractivity contribution in [1.82, 2.24) is 10.6 Å². The predicted octanol–water partition coefficient (Wildman–Crippen LogP) is 0.908. The van der Waals surface area contributed by atoms with E-state index in [9.17, 15) is 10.2 Å². The van der Waals surface area contributed by atoms with E-state index in [1.807, 2.05) is 25.1 Å². The average Bonchev–Trinajstić information content (AvgIpc) is 3.35. The molecule has 0 saturated carbocycles. The number of aliphatic hydroxyl groups is 2. The Balaban J connectivity index is 1.46. The molecule has 4 atom stereocenters. The second kappa shape index (κ2) is 10.2. The van der Waals surface area contributed by atoms with Crippen LogP contribution in [0, 0.1) is 6.92 Å². The van der Waals surface area contributed by atoms with Crippen molar-refractivity contribution in [3.8, 4) is 0 Å². The van der Waals surface area contributed by atoms with Crippen LogP contribution in [0.2, 0.25) is 0 Å². The molecule has 8 nitrogen and oxygen atoms in total. The van der Waals surface area contributed by atoms with E-state index in [-0.39, 0.29) is 12.2 Å². The van der Waals surface area contributed by atoms with Crippen LogP contribution in [0.15, 0.2) is 18.2 Å². The van der Waals surface area contributed by atoms with Crippen molar-refractivity contribution in [2.75, 3.05) is 36.9 Å². The zero-order chi connectivity index (χ0) is 19.1. The molecule has 2 aliphatic heterocycles. The van der Waals surface area contributed by atoms with Gasteiger partial charge in [0.2, 0.25) is 0 Å². The second-order valence-corrected chi connectivity index (χ2v) is 7.16. The van der Waals surface area contributed by atoms with Crippen LogP contribution in [0.25, 0.3) is 0 Å². The van der Waals surface area contributed by atoms with Gasteiger partial charge in [-0.25, -0.2) is 0 Å². The molecule has 0 spiro atoms. The molecule has 2 saturated heterocycles. The Bertz CT molecular complexity index is 531. The fraction of sp³-hybridized carbons (Fsp3) is 0.684. The van der Waals surface area contributed by atoms with E-state index >= 15 is 0 Å². The molecule has 0 amide bonds. The first-order chi connectivity index (χ1) is 13.1. The van der Waals surface area contributed by atoms with Crippen molar-refractivity contribution >= 4 is 11.4 Å². The largest absolute Gasteiger partial charge is 0.377 e. The van der Waals surface area contributed by atoms with Crippen molar-refractivity contribution in [2.24, 2.45) is 0 Å². The summed E-state index contributed by atoms with van der Waals surface area (Å²) in [5, 5.41) is 32.6. The molecular weight excluding hydrogens is 348 g/mol. The summed E-state index contributed by atoms with van der Waals surface area (Å²) in [6.07, 6.45) is 2.79. The number of hydrogen-bond donors (Lipinski definition) is 6. The number of anilines is 2. The summed E-state index contributed by atoms with van der Waals surface area (Å²) in [6, 6.07) is 5.66. The monoisotopic (exact) mass is 380 g/mol. The summed E-state index contributed by atoms with van der Waals surface area (Å²) in [5.74, 6) is 0. The number of aliphatic hydroxyl groups excluding tert-OH is 2. The molecular formula is C19H32N4O4. The minimum absolute atomic E-state index is 0.167. The van der Waals surface area contributed by atoms with E-state index in [1.54, 1.807) is 0 Å². The molecule has 0 aliphatic carbocycles. The molecule has 0 bridgehead atoms. The van der Waals surface area contributed by atoms with Gasteiger partial charge in [0, 0.05) is 37.7 Å². The lowest BCUT2D eigenvalue weighted by molar-refractivity contribution is 0.0864. The molecule has 1 aromatic carbocycles. The van der Waals surface area contributed by atoms with Crippen molar-refractivity contribution in [2.45, 2.75) is 57.5 Å². The fourth-order valence-corrected chi connectivity index (χ4v) is 3.44. The van der Waals surface area contributed by atoms with E-state index in [1.165, 1.54) is 0 Å². The molecule has 0 aromatic heterocycles. The molecule has 8 heteroatoms. The van der Waals surface area contributed by atoms with Gasteiger partial charge in [-0.05, 0) is 50.3 Å². The highest BCUT2D eigenvalue weighted by Crippen LogP contribution is 2.24. The van der Waals surface area contributed by atoms with Gasteiger partial charge in [0.1, 0.15) is 0 Å². The molecule has 0 radical (unpaired) electrons. The van der Waals surface area contributed by atoms with Gasteiger partial charge >= 0.3 is 0 Å². The van der Waals surface area contributed by atoms with Crippen molar-refractivity contribution in [3.05, 3.63) is 23.8 Å². The Morgan fingerprint density at radius 3 is 1.81 bits per heavy atom. The van der Waals surface area contributed by atoms with Crippen molar-refractivity contribution in [3.63, 3.8) is 0 Å². The van der Waals surface area contributed by atoms with Gasteiger partial charge in [-0.2, -0.15) is 0 Å². The zero-order valence-corrected chi connectivity index (χ0v) is 15.9. The van der Waals surface area contributed by atoms with Crippen LogP contribution < -0.4 is 21.3 Å². The maximum atomic E-state index is 10.2. The van der Waals surface area contributed by atoms with E-state index in [0.29, 0.717) is 13.1 Å². The third-order valence-electron chi connectivity index (χ3n) is 5.04. The van der Waals surface area contributed by atoms with Crippen molar-refractivity contribution < 1.29 is 19.7 Å². The van der Waals surface area contributed by atoms with Crippen LogP contribution in [-0.2, 0) is 9.47 Å². The van der Waals surface area contributed by atoms with Crippen LogP contribution in [0.4, 0.5) is 11.4 Å². The number of ether oxygens (including phenoxy) is 2. The van der Waals surface area contributed by atoms with E-state index in [2.05, 4.69) is 21.3 Å². The number of hydrogen-bond acceptors (Lipinski definition) is 8. The Hall–Kier alpha value is -1.42. The maximum Gasteiger partial charge on any atom is 0.181 e. The van der Waals surface area contributed by atoms with Crippen LogP contribution >= 0.6 is 0 Å². The van der Waals surface area contributed by atoms with Gasteiger partial charge in [0.15, 0.2) is 12.7 Å². The highest BCUT2D eigenvalue weighted by Gasteiger charge is 2.18. The summed E-state index contributed by atoms with van der Waals surface area (Å²) >= 11 is 0. The predicted molar refractivity (Wildman–Crippen MR) is 104 cm³/mol.